The number of hydrogen-bond acceptors (Lipinski definition) is 3. The number of anilines is 1. The molecule has 0 bridgehead atoms. The van der Waals surface area contributed by atoms with E-state index >= 15 is 0 Å². The first-order valence-corrected chi connectivity index (χ1v) is 12.9. The molecule has 2 aromatic carbocycles. The van der Waals surface area contributed by atoms with Gasteiger partial charge in [0, 0.05) is 19.2 Å². The quantitative estimate of drug-likeness (QED) is 0.296. The number of ether oxygens (including phenoxy) is 1. The fourth-order valence-electron chi connectivity index (χ4n) is 4.57. The standard InChI is InChI=1S/C28H36F2N2O4/c1-2-3-4-5-8-17-32(27(35)31-25-13-12-22(29)20-24(25)30)18-14-21-10-9-11-23(19-21)36-28(26(33)34)15-6-7-16-28/h9-13,19-20H,2-8,14-18H2,1H3,(H,31,35)(H,33,34). The fraction of sp³-hybridized carbons (Fsp3) is 0.500. The van der Waals surface area contributed by atoms with Crippen molar-refractivity contribution in [3.63, 3.8) is 0 Å². The number of amides is 2. The van der Waals surface area contributed by atoms with Crippen molar-refractivity contribution in [2.75, 3.05) is 18.4 Å². The van der Waals surface area contributed by atoms with E-state index in [9.17, 15) is 23.5 Å². The van der Waals surface area contributed by atoms with Crippen molar-refractivity contribution in [2.45, 2.75) is 76.7 Å². The molecule has 2 N–H and O–H groups in total. The number of aliphatic carboxylic acids is 1. The van der Waals surface area contributed by atoms with Gasteiger partial charge in [-0.2, -0.15) is 0 Å². The lowest BCUT2D eigenvalue weighted by Gasteiger charge is -2.26. The maximum atomic E-state index is 14.1. The summed E-state index contributed by atoms with van der Waals surface area (Å²) in [5, 5.41) is 12.3. The van der Waals surface area contributed by atoms with Crippen molar-refractivity contribution >= 4 is 17.7 Å². The summed E-state index contributed by atoms with van der Waals surface area (Å²) in [5.41, 5.74) is -0.339. The molecule has 0 unspecified atom stereocenters. The second-order valence-electron chi connectivity index (χ2n) is 9.46. The molecule has 1 aliphatic rings. The van der Waals surface area contributed by atoms with Crippen molar-refractivity contribution in [1.29, 1.82) is 0 Å². The summed E-state index contributed by atoms with van der Waals surface area (Å²) in [6.07, 6.45) is 8.29. The summed E-state index contributed by atoms with van der Waals surface area (Å²) < 4.78 is 33.3. The Balaban J connectivity index is 1.65. The molecule has 1 aliphatic carbocycles. The highest BCUT2D eigenvalue weighted by Crippen LogP contribution is 2.35. The molecule has 1 fully saturated rings. The van der Waals surface area contributed by atoms with E-state index < -0.39 is 29.2 Å². The van der Waals surface area contributed by atoms with Gasteiger partial charge in [-0.1, -0.05) is 44.7 Å². The number of nitrogens with zero attached hydrogens (tertiary/aromatic N) is 1. The number of carbonyl (C=O) groups is 2. The minimum Gasteiger partial charge on any atom is -0.478 e. The summed E-state index contributed by atoms with van der Waals surface area (Å²) in [6, 6.07) is 9.91. The van der Waals surface area contributed by atoms with Crippen molar-refractivity contribution in [3.8, 4) is 5.75 Å². The van der Waals surface area contributed by atoms with Crippen LogP contribution in [0.15, 0.2) is 42.5 Å². The number of urea groups is 1. The highest BCUT2D eigenvalue weighted by Gasteiger charge is 2.43. The molecule has 0 heterocycles. The summed E-state index contributed by atoms with van der Waals surface area (Å²) in [6.45, 7) is 3.03. The van der Waals surface area contributed by atoms with Crippen LogP contribution in [0.25, 0.3) is 0 Å². The number of benzene rings is 2. The van der Waals surface area contributed by atoms with Gasteiger partial charge in [0.2, 0.25) is 5.60 Å². The maximum absolute atomic E-state index is 14.1. The molecule has 36 heavy (non-hydrogen) atoms. The van der Waals surface area contributed by atoms with E-state index in [0.29, 0.717) is 38.1 Å². The van der Waals surface area contributed by atoms with Gasteiger partial charge >= 0.3 is 12.0 Å². The van der Waals surface area contributed by atoms with E-state index in [4.69, 9.17) is 4.74 Å². The van der Waals surface area contributed by atoms with Crippen LogP contribution < -0.4 is 10.1 Å². The molecule has 196 valence electrons. The van der Waals surface area contributed by atoms with Gasteiger partial charge in [-0.3, -0.25) is 0 Å². The molecule has 0 aromatic heterocycles. The van der Waals surface area contributed by atoms with Crippen LogP contribution in [0, 0.1) is 11.6 Å². The SMILES string of the molecule is CCCCCCCN(CCc1cccc(OC2(C(=O)O)CCCC2)c1)C(=O)Nc1ccc(F)cc1F. The molecule has 0 aliphatic heterocycles. The Hall–Kier alpha value is -3.16. The predicted molar refractivity (Wildman–Crippen MR) is 135 cm³/mol. The number of carbonyl (C=O) groups excluding carboxylic acids is 1. The molecule has 0 atom stereocenters. The van der Waals surface area contributed by atoms with E-state index in [2.05, 4.69) is 12.2 Å². The third-order valence-corrected chi connectivity index (χ3v) is 6.67. The van der Waals surface area contributed by atoms with E-state index in [1.54, 1.807) is 11.0 Å². The van der Waals surface area contributed by atoms with E-state index in [-0.39, 0.29) is 5.69 Å². The van der Waals surface area contributed by atoms with E-state index in [1.165, 1.54) is 6.07 Å². The molecule has 2 aromatic rings. The number of carboxylic acid groups (broad SMARTS) is 1. The molecular weight excluding hydrogens is 466 g/mol. The Morgan fingerprint density at radius 3 is 2.47 bits per heavy atom. The van der Waals surface area contributed by atoms with Crippen molar-refractivity contribution < 1.29 is 28.2 Å². The Kier molecular flexibility index (Phi) is 10.1. The molecule has 0 saturated heterocycles. The molecular formula is C28H36F2N2O4. The lowest BCUT2D eigenvalue weighted by atomic mass is 10.0. The lowest BCUT2D eigenvalue weighted by molar-refractivity contribution is -0.154. The molecule has 6 nitrogen and oxygen atoms in total. The first kappa shape index (κ1) is 27.4. The Morgan fingerprint density at radius 2 is 1.78 bits per heavy atom. The average Bonchev–Trinajstić information content (AvgIpc) is 3.32. The number of rotatable bonds is 13. The van der Waals surface area contributed by atoms with E-state index in [1.807, 2.05) is 18.2 Å². The van der Waals surface area contributed by atoms with E-state index in [0.717, 1.165) is 62.6 Å². The predicted octanol–water partition coefficient (Wildman–Crippen LogP) is 6.79. The Morgan fingerprint density at radius 1 is 1.03 bits per heavy atom. The summed E-state index contributed by atoms with van der Waals surface area (Å²) >= 11 is 0. The van der Waals surface area contributed by atoms with Crippen LogP contribution in [0.5, 0.6) is 5.75 Å². The fourth-order valence-corrected chi connectivity index (χ4v) is 4.57. The molecule has 0 radical (unpaired) electrons. The Labute approximate surface area is 211 Å². The lowest BCUT2D eigenvalue weighted by Crippen LogP contribution is -2.41. The number of nitrogens with one attached hydrogen (secondary N) is 1. The summed E-state index contributed by atoms with van der Waals surface area (Å²) in [7, 11) is 0. The van der Waals surface area contributed by atoms with Crippen LogP contribution in [-0.4, -0.2) is 40.7 Å². The third-order valence-electron chi connectivity index (χ3n) is 6.67. The maximum Gasteiger partial charge on any atom is 0.348 e. The first-order chi connectivity index (χ1) is 17.3. The number of halogens is 2. The van der Waals surface area contributed by atoms with Gasteiger partial charge in [-0.15, -0.1) is 0 Å². The monoisotopic (exact) mass is 502 g/mol. The molecule has 3 rings (SSSR count). The largest absolute Gasteiger partial charge is 0.478 e. The van der Waals surface area contributed by atoms with Gasteiger partial charge in [0.25, 0.3) is 0 Å². The number of hydrogen-bond donors (Lipinski definition) is 2. The zero-order valence-electron chi connectivity index (χ0n) is 20.9. The zero-order valence-corrected chi connectivity index (χ0v) is 20.9. The number of unbranched alkanes of at least 4 members (excludes halogenated alkanes) is 4. The third kappa shape index (κ3) is 7.67. The highest BCUT2D eigenvalue weighted by molar-refractivity contribution is 5.89. The average molecular weight is 503 g/mol. The van der Waals surface area contributed by atoms with Gasteiger partial charge in [0.1, 0.15) is 17.4 Å². The van der Waals surface area contributed by atoms with Crippen molar-refractivity contribution in [1.82, 2.24) is 4.90 Å². The van der Waals surface area contributed by atoms with Crippen molar-refractivity contribution in [2.24, 2.45) is 0 Å². The molecule has 2 amide bonds. The van der Waals surface area contributed by atoms with Gasteiger partial charge in [0.05, 0.1) is 5.69 Å². The van der Waals surface area contributed by atoms with Crippen molar-refractivity contribution in [3.05, 3.63) is 59.7 Å². The summed E-state index contributed by atoms with van der Waals surface area (Å²) in [4.78, 5) is 26.4. The molecule has 0 spiro atoms. The smallest absolute Gasteiger partial charge is 0.348 e. The first-order valence-electron chi connectivity index (χ1n) is 12.9. The van der Waals surface area contributed by atoms with Gasteiger partial charge in [-0.05, 0) is 68.4 Å². The van der Waals surface area contributed by atoms with Gasteiger partial charge < -0.3 is 20.1 Å². The topological polar surface area (TPSA) is 78.9 Å². The number of carboxylic acids is 1. The van der Waals surface area contributed by atoms with Crippen LogP contribution in [0.4, 0.5) is 19.3 Å². The van der Waals surface area contributed by atoms with Crippen LogP contribution in [0.3, 0.4) is 0 Å². The van der Waals surface area contributed by atoms with Crippen LogP contribution in [0.1, 0.15) is 70.3 Å². The zero-order chi connectivity index (χ0) is 26.0. The van der Waals surface area contributed by atoms with Crippen LogP contribution >= 0.6 is 0 Å². The summed E-state index contributed by atoms with van der Waals surface area (Å²) in [5.74, 6) is -1.97. The second-order valence-corrected chi connectivity index (χ2v) is 9.46. The minimum absolute atomic E-state index is 0.0664. The highest BCUT2D eigenvalue weighted by atomic mass is 19.1. The van der Waals surface area contributed by atoms with Crippen LogP contribution in [0.2, 0.25) is 0 Å². The van der Waals surface area contributed by atoms with Gasteiger partial charge in [0.15, 0.2) is 0 Å². The normalized spacial score (nSPS) is 14.4. The Bertz CT molecular complexity index is 1020. The minimum atomic E-state index is -1.18. The molecule has 8 heteroatoms. The molecule has 1 saturated carbocycles. The second kappa shape index (κ2) is 13.2. The van der Waals surface area contributed by atoms with Crippen LogP contribution in [-0.2, 0) is 11.2 Å². The van der Waals surface area contributed by atoms with Gasteiger partial charge in [-0.25, -0.2) is 18.4 Å².